The van der Waals surface area contributed by atoms with E-state index < -0.39 is 10.0 Å². The lowest BCUT2D eigenvalue weighted by atomic mass is 10.3. The van der Waals surface area contributed by atoms with Crippen molar-refractivity contribution < 1.29 is 12.8 Å². The van der Waals surface area contributed by atoms with Gasteiger partial charge in [0.15, 0.2) is 11.5 Å². The molecule has 0 saturated carbocycles. The van der Waals surface area contributed by atoms with E-state index in [1.54, 1.807) is 0 Å². The predicted octanol–water partition coefficient (Wildman–Crippen LogP) is 1.70. The summed E-state index contributed by atoms with van der Waals surface area (Å²) in [6, 6.07) is 7.47. The summed E-state index contributed by atoms with van der Waals surface area (Å²) in [4.78, 5) is 4.28. The molecule has 5 nitrogen and oxygen atoms in total. The van der Waals surface area contributed by atoms with E-state index in [-0.39, 0.29) is 5.75 Å². The van der Waals surface area contributed by atoms with Crippen molar-refractivity contribution in [2.24, 2.45) is 0 Å². The molecule has 6 heteroatoms. The number of aromatic nitrogens is 1. The Kier molecular flexibility index (Phi) is 3.98. The van der Waals surface area contributed by atoms with Crippen molar-refractivity contribution in [3.05, 3.63) is 30.2 Å². The van der Waals surface area contributed by atoms with Gasteiger partial charge < -0.3 is 4.42 Å². The fourth-order valence-electron chi connectivity index (χ4n) is 1.68. The molecule has 1 heterocycles. The van der Waals surface area contributed by atoms with Gasteiger partial charge >= 0.3 is 0 Å². The zero-order valence-electron chi connectivity index (χ0n) is 10.2. The molecule has 1 N–H and O–H groups in total. The van der Waals surface area contributed by atoms with Crippen molar-refractivity contribution >= 4 is 21.1 Å². The standard InChI is InChI=1S/C12H16N2O3S/c1-2-9-18(15,16)13-8-7-12-14-10-5-3-4-6-11(10)17-12/h3-6,13H,2,7-9H2,1H3. The van der Waals surface area contributed by atoms with Gasteiger partial charge in [0.2, 0.25) is 10.0 Å². The number of nitrogens with one attached hydrogen (secondary N) is 1. The fraction of sp³-hybridized carbons (Fsp3) is 0.417. The summed E-state index contributed by atoms with van der Waals surface area (Å²) < 4.78 is 30.9. The Balaban J connectivity index is 1.94. The first-order valence-corrected chi connectivity index (χ1v) is 7.58. The van der Waals surface area contributed by atoms with Gasteiger partial charge in [-0.25, -0.2) is 18.1 Å². The van der Waals surface area contributed by atoms with E-state index in [1.165, 1.54) is 0 Å². The lowest BCUT2D eigenvalue weighted by Crippen LogP contribution is -2.28. The number of sulfonamides is 1. The average Bonchev–Trinajstić information content (AvgIpc) is 2.71. The molecule has 1 aromatic heterocycles. The maximum atomic E-state index is 11.4. The van der Waals surface area contributed by atoms with Crippen LogP contribution in [0.1, 0.15) is 19.2 Å². The summed E-state index contributed by atoms with van der Waals surface area (Å²) in [6.07, 6.45) is 1.07. The quantitative estimate of drug-likeness (QED) is 0.865. The summed E-state index contributed by atoms with van der Waals surface area (Å²) in [5.74, 6) is 0.705. The molecule has 0 spiro atoms. The van der Waals surface area contributed by atoms with Crippen LogP contribution in [0.25, 0.3) is 11.1 Å². The number of rotatable bonds is 6. The number of hydrogen-bond donors (Lipinski definition) is 1. The SMILES string of the molecule is CCCS(=O)(=O)NCCc1nc2ccccc2o1. The van der Waals surface area contributed by atoms with E-state index in [1.807, 2.05) is 31.2 Å². The van der Waals surface area contributed by atoms with E-state index in [4.69, 9.17) is 4.42 Å². The second kappa shape index (κ2) is 5.49. The number of fused-ring (bicyclic) bond motifs is 1. The van der Waals surface area contributed by atoms with Crippen LogP contribution in [-0.4, -0.2) is 25.7 Å². The summed E-state index contributed by atoms with van der Waals surface area (Å²) in [5.41, 5.74) is 1.52. The molecule has 0 saturated heterocycles. The van der Waals surface area contributed by atoms with Gasteiger partial charge in [0.05, 0.1) is 5.75 Å². The maximum absolute atomic E-state index is 11.4. The molecule has 0 fully saturated rings. The molecular weight excluding hydrogens is 252 g/mol. The molecule has 2 aromatic rings. The normalized spacial score (nSPS) is 12.1. The van der Waals surface area contributed by atoms with Crippen LogP contribution in [-0.2, 0) is 16.4 Å². The Hall–Kier alpha value is -1.40. The molecule has 1 aromatic carbocycles. The highest BCUT2D eigenvalue weighted by molar-refractivity contribution is 7.89. The monoisotopic (exact) mass is 268 g/mol. The Bertz CT molecular complexity index is 586. The van der Waals surface area contributed by atoms with Crippen LogP contribution in [0.3, 0.4) is 0 Å². The molecule has 0 atom stereocenters. The van der Waals surface area contributed by atoms with Gasteiger partial charge in [-0.2, -0.15) is 0 Å². The van der Waals surface area contributed by atoms with Gasteiger partial charge in [-0.3, -0.25) is 0 Å². The summed E-state index contributed by atoms with van der Waals surface area (Å²) in [5, 5.41) is 0. The number of benzene rings is 1. The zero-order chi connectivity index (χ0) is 13.0. The fourth-order valence-corrected chi connectivity index (χ4v) is 2.78. The van der Waals surface area contributed by atoms with Crippen LogP contribution in [0.4, 0.5) is 0 Å². The molecule has 2 rings (SSSR count). The minimum absolute atomic E-state index is 0.153. The molecule has 0 radical (unpaired) electrons. The van der Waals surface area contributed by atoms with Crippen molar-refractivity contribution in [3.8, 4) is 0 Å². The van der Waals surface area contributed by atoms with Crippen LogP contribution in [0.2, 0.25) is 0 Å². The predicted molar refractivity (Wildman–Crippen MR) is 69.8 cm³/mol. The highest BCUT2D eigenvalue weighted by atomic mass is 32.2. The average molecular weight is 268 g/mol. The Morgan fingerprint density at radius 1 is 1.33 bits per heavy atom. The van der Waals surface area contributed by atoms with Gasteiger partial charge in [-0.15, -0.1) is 0 Å². The number of para-hydroxylation sites is 2. The minimum Gasteiger partial charge on any atom is -0.441 e. The van der Waals surface area contributed by atoms with Gasteiger partial charge in [0.25, 0.3) is 0 Å². The smallest absolute Gasteiger partial charge is 0.211 e. The second-order valence-corrected chi connectivity index (χ2v) is 5.96. The topological polar surface area (TPSA) is 72.2 Å². The van der Waals surface area contributed by atoms with Gasteiger partial charge in [0, 0.05) is 13.0 Å². The maximum Gasteiger partial charge on any atom is 0.211 e. The third-order valence-electron chi connectivity index (χ3n) is 2.47. The molecule has 18 heavy (non-hydrogen) atoms. The van der Waals surface area contributed by atoms with Crippen molar-refractivity contribution in [3.63, 3.8) is 0 Å². The van der Waals surface area contributed by atoms with E-state index in [0.29, 0.717) is 25.3 Å². The minimum atomic E-state index is -3.15. The van der Waals surface area contributed by atoms with Crippen molar-refractivity contribution in [2.45, 2.75) is 19.8 Å². The Morgan fingerprint density at radius 3 is 2.83 bits per heavy atom. The van der Waals surface area contributed by atoms with Crippen LogP contribution in [0, 0.1) is 0 Å². The number of hydrogen-bond acceptors (Lipinski definition) is 4. The lowest BCUT2D eigenvalue weighted by Gasteiger charge is -2.02. The van der Waals surface area contributed by atoms with E-state index in [2.05, 4.69) is 9.71 Å². The van der Waals surface area contributed by atoms with Crippen molar-refractivity contribution in [2.75, 3.05) is 12.3 Å². The van der Waals surface area contributed by atoms with Crippen molar-refractivity contribution in [1.82, 2.24) is 9.71 Å². The van der Waals surface area contributed by atoms with Crippen LogP contribution in [0.15, 0.2) is 28.7 Å². The molecule has 0 aliphatic rings. The largest absolute Gasteiger partial charge is 0.441 e. The molecule has 98 valence electrons. The van der Waals surface area contributed by atoms with Gasteiger partial charge in [0.1, 0.15) is 5.52 Å². The highest BCUT2D eigenvalue weighted by Crippen LogP contribution is 2.14. The number of oxazole rings is 1. The van der Waals surface area contributed by atoms with Crippen LogP contribution < -0.4 is 4.72 Å². The Morgan fingerprint density at radius 2 is 2.11 bits per heavy atom. The van der Waals surface area contributed by atoms with E-state index in [0.717, 1.165) is 11.1 Å². The third-order valence-corrected chi connectivity index (χ3v) is 4.06. The lowest BCUT2D eigenvalue weighted by molar-refractivity contribution is 0.523. The first-order valence-electron chi connectivity index (χ1n) is 5.92. The zero-order valence-corrected chi connectivity index (χ0v) is 11.0. The summed E-state index contributed by atoms with van der Waals surface area (Å²) in [7, 11) is -3.15. The molecule has 0 amide bonds. The van der Waals surface area contributed by atoms with E-state index in [9.17, 15) is 8.42 Å². The number of nitrogens with zero attached hydrogens (tertiary/aromatic N) is 1. The van der Waals surface area contributed by atoms with Crippen molar-refractivity contribution in [1.29, 1.82) is 0 Å². The Labute approximate surface area is 106 Å². The summed E-state index contributed by atoms with van der Waals surface area (Å²) in [6.45, 7) is 2.15. The van der Waals surface area contributed by atoms with Crippen LogP contribution >= 0.6 is 0 Å². The molecule has 0 bridgehead atoms. The van der Waals surface area contributed by atoms with Gasteiger partial charge in [-0.05, 0) is 18.6 Å². The summed E-state index contributed by atoms with van der Waals surface area (Å²) >= 11 is 0. The molecule has 0 unspecified atom stereocenters. The first kappa shape index (κ1) is 13.0. The van der Waals surface area contributed by atoms with Gasteiger partial charge in [-0.1, -0.05) is 19.1 Å². The van der Waals surface area contributed by atoms with Crippen LogP contribution in [0.5, 0.6) is 0 Å². The molecule has 0 aliphatic carbocycles. The first-order chi connectivity index (χ1) is 8.61. The molecular formula is C12H16N2O3S. The molecule has 0 aliphatic heterocycles. The van der Waals surface area contributed by atoms with E-state index >= 15 is 0 Å². The second-order valence-electron chi connectivity index (χ2n) is 4.04. The third kappa shape index (κ3) is 3.30. The highest BCUT2D eigenvalue weighted by Gasteiger charge is 2.09.